The van der Waals surface area contributed by atoms with Crippen molar-refractivity contribution in [2.45, 2.75) is 25.4 Å². The molecule has 0 amide bonds. The molecule has 0 aromatic rings. The summed E-state index contributed by atoms with van der Waals surface area (Å²) < 4.78 is 9.32. The van der Waals surface area contributed by atoms with E-state index >= 15 is 0 Å². The quantitative estimate of drug-likeness (QED) is 0.432. The first-order chi connectivity index (χ1) is 5.58. The maximum atomic E-state index is 10.8. The smallest absolute Gasteiger partial charge is 0.307 e. The highest BCUT2D eigenvalue weighted by Crippen LogP contribution is 2.19. The average Bonchev–Trinajstić information content (AvgIpc) is 2.32. The number of rotatable bonds is 2. The first-order valence-corrected chi connectivity index (χ1v) is 3.60. The molecule has 0 bridgehead atoms. The highest BCUT2D eigenvalue weighted by atomic mass is 16.7. The van der Waals surface area contributed by atoms with Crippen LogP contribution in [0.3, 0.4) is 0 Å². The van der Waals surface area contributed by atoms with E-state index in [1.54, 1.807) is 6.92 Å². The van der Waals surface area contributed by atoms with Crippen molar-refractivity contribution in [3.8, 4) is 0 Å². The van der Waals surface area contributed by atoms with Crippen LogP contribution >= 0.6 is 0 Å². The molecule has 1 aliphatic rings. The largest absolute Gasteiger partial charge is 0.467 e. The summed E-state index contributed by atoms with van der Waals surface area (Å²) in [5, 5.41) is 9.11. The van der Waals surface area contributed by atoms with Crippen LogP contribution in [0.4, 0.5) is 0 Å². The molecule has 0 aromatic heterocycles. The molecule has 0 fully saturated rings. The molecular weight excluding hydrogens is 162 g/mol. The van der Waals surface area contributed by atoms with Gasteiger partial charge in [0.25, 0.3) is 6.29 Å². The number of nitrogens with two attached hydrogens (primary N) is 1. The maximum absolute atomic E-state index is 10.8. The molecule has 68 valence electrons. The molecule has 2 atom stereocenters. The standard InChI is InChI=1S/C7H11NO4/c1-2-5(9)12-7(8)3-4-11-6(7)10/h3-4,6,10H,2,8H2,1H3/t6-,7+/m1/s1. The Labute approximate surface area is 69.8 Å². The van der Waals surface area contributed by atoms with Gasteiger partial charge in [-0.2, -0.15) is 0 Å². The van der Waals surface area contributed by atoms with Crippen molar-refractivity contribution in [2.24, 2.45) is 5.73 Å². The second-order valence-corrected chi connectivity index (χ2v) is 2.47. The number of carbonyl (C=O) groups is 1. The summed E-state index contributed by atoms with van der Waals surface area (Å²) in [4.78, 5) is 10.8. The molecule has 12 heavy (non-hydrogen) atoms. The summed E-state index contributed by atoms with van der Waals surface area (Å²) in [5.41, 5.74) is 3.95. The van der Waals surface area contributed by atoms with Gasteiger partial charge in [-0.1, -0.05) is 6.92 Å². The molecule has 5 nitrogen and oxygen atoms in total. The molecule has 0 saturated carbocycles. The van der Waals surface area contributed by atoms with Gasteiger partial charge in [0.05, 0.1) is 6.26 Å². The molecule has 0 unspecified atom stereocenters. The van der Waals surface area contributed by atoms with Gasteiger partial charge in [-0.15, -0.1) is 0 Å². The van der Waals surface area contributed by atoms with Crippen LogP contribution in [0.1, 0.15) is 13.3 Å². The van der Waals surface area contributed by atoms with E-state index in [1.807, 2.05) is 0 Å². The molecule has 1 heterocycles. The lowest BCUT2D eigenvalue weighted by atomic mass is 10.2. The number of esters is 1. The second-order valence-electron chi connectivity index (χ2n) is 2.47. The van der Waals surface area contributed by atoms with Gasteiger partial charge in [0.1, 0.15) is 0 Å². The van der Waals surface area contributed by atoms with Crippen molar-refractivity contribution in [3.05, 3.63) is 12.3 Å². The zero-order valence-corrected chi connectivity index (χ0v) is 6.69. The fourth-order valence-corrected chi connectivity index (χ4v) is 0.762. The third kappa shape index (κ3) is 1.57. The Morgan fingerprint density at radius 3 is 3.00 bits per heavy atom. The molecular formula is C7H11NO4. The summed E-state index contributed by atoms with van der Waals surface area (Å²) in [5.74, 6) is -0.480. The van der Waals surface area contributed by atoms with E-state index in [0.717, 1.165) is 0 Å². The Morgan fingerprint density at radius 2 is 2.58 bits per heavy atom. The minimum atomic E-state index is -1.52. The minimum absolute atomic E-state index is 0.208. The van der Waals surface area contributed by atoms with Crippen molar-refractivity contribution in [2.75, 3.05) is 0 Å². The van der Waals surface area contributed by atoms with E-state index in [1.165, 1.54) is 12.3 Å². The van der Waals surface area contributed by atoms with E-state index in [-0.39, 0.29) is 6.42 Å². The van der Waals surface area contributed by atoms with Crippen LogP contribution in [0, 0.1) is 0 Å². The Morgan fingerprint density at radius 1 is 1.92 bits per heavy atom. The van der Waals surface area contributed by atoms with E-state index in [0.29, 0.717) is 0 Å². The Bertz CT molecular complexity index is 215. The number of ether oxygens (including phenoxy) is 2. The summed E-state index contributed by atoms with van der Waals surface area (Å²) >= 11 is 0. The topological polar surface area (TPSA) is 81.8 Å². The second kappa shape index (κ2) is 3.12. The summed E-state index contributed by atoms with van der Waals surface area (Å²) in [6.45, 7) is 1.64. The predicted molar refractivity (Wildman–Crippen MR) is 39.5 cm³/mol. The van der Waals surface area contributed by atoms with Gasteiger partial charge in [-0.05, 0) is 0 Å². The van der Waals surface area contributed by atoms with Crippen LogP contribution in [0.2, 0.25) is 0 Å². The van der Waals surface area contributed by atoms with Crippen LogP contribution in [0.15, 0.2) is 12.3 Å². The highest BCUT2D eigenvalue weighted by Gasteiger charge is 2.40. The summed E-state index contributed by atoms with van der Waals surface area (Å²) in [7, 11) is 0. The highest BCUT2D eigenvalue weighted by molar-refractivity contribution is 5.69. The molecule has 5 heteroatoms. The van der Waals surface area contributed by atoms with Gasteiger partial charge in [0.15, 0.2) is 0 Å². The first-order valence-electron chi connectivity index (χ1n) is 3.60. The van der Waals surface area contributed by atoms with Crippen LogP contribution in [0.25, 0.3) is 0 Å². The fraction of sp³-hybridized carbons (Fsp3) is 0.571. The fourth-order valence-electron chi connectivity index (χ4n) is 0.762. The van der Waals surface area contributed by atoms with Crippen LogP contribution in [-0.2, 0) is 14.3 Å². The third-order valence-corrected chi connectivity index (χ3v) is 1.50. The lowest BCUT2D eigenvalue weighted by Crippen LogP contribution is -2.50. The maximum Gasteiger partial charge on any atom is 0.307 e. The lowest BCUT2D eigenvalue weighted by Gasteiger charge is -2.24. The number of carbonyl (C=O) groups excluding carboxylic acids is 1. The normalized spacial score (nSPS) is 33.1. The van der Waals surface area contributed by atoms with Gasteiger partial charge in [0.2, 0.25) is 5.72 Å². The van der Waals surface area contributed by atoms with E-state index in [2.05, 4.69) is 4.74 Å². The van der Waals surface area contributed by atoms with E-state index < -0.39 is 18.0 Å². The zero-order chi connectivity index (χ0) is 9.19. The Balaban J connectivity index is 2.60. The zero-order valence-electron chi connectivity index (χ0n) is 6.69. The van der Waals surface area contributed by atoms with Gasteiger partial charge in [-0.25, -0.2) is 0 Å². The number of hydrogen-bond donors (Lipinski definition) is 2. The lowest BCUT2D eigenvalue weighted by molar-refractivity contribution is -0.187. The predicted octanol–water partition coefficient (Wildman–Crippen LogP) is -0.543. The van der Waals surface area contributed by atoms with E-state index in [4.69, 9.17) is 15.6 Å². The number of hydrogen-bond acceptors (Lipinski definition) is 5. The van der Waals surface area contributed by atoms with Crippen LogP contribution in [0.5, 0.6) is 0 Å². The summed E-state index contributed by atoms with van der Waals surface area (Å²) in [6.07, 6.45) is 1.39. The van der Waals surface area contributed by atoms with Crippen molar-refractivity contribution in [3.63, 3.8) is 0 Å². The first kappa shape index (κ1) is 9.02. The molecule has 0 aliphatic carbocycles. The average molecular weight is 173 g/mol. The summed E-state index contributed by atoms with van der Waals surface area (Å²) in [6, 6.07) is 0. The molecule has 0 saturated heterocycles. The van der Waals surface area contributed by atoms with Crippen LogP contribution < -0.4 is 5.73 Å². The molecule has 3 N–H and O–H groups in total. The van der Waals surface area contributed by atoms with Gasteiger partial charge in [0, 0.05) is 12.5 Å². The van der Waals surface area contributed by atoms with Gasteiger partial charge in [-0.3, -0.25) is 10.5 Å². The van der Waals surface area contributed by atoms with Crippen molar-refractivity contribution in [1.29, 1.82) is 0 Å². The molecule has 0 spiro atoms. The van der Waals surface area contributed by atoms with Gasteiger partial charge >= 0.3 is 5.97 Å². The van der Waals surface area contributed by atoms with E-state index in [9.17, 15) is 4.79 Å². The SMILES string of the molecule is CCC(=O)O[C@@]1(N)C=CO[C@H]1O. The van der Waals surface area contributed by atoms with Crippen molar-refractivity contribution < 1.29 is 19.4 Å². The Hall–Kier alpha value is -1.07. The van der Waals surface area contributed by atoms with Crippen molar-refractivity contribution in [1.82, 2.24) is 0 Å². The third-order valence-electron chi connectivity index (χ3n) is 1.50. The molecule has 1 rings (SSSR count). The number of aliphatic hydroxyl groups is 1. The van der Waals surface area contributed by atoms with Gasteiger partial charge < -0.3 is 14.6 Å². The van der Waals surface area contributed by atoms with Crippen molar-refractivity contribution >= 4 is 5.97 Å². The monoisotopic (exact) mass is 173 g/mol. The van der Waals surface area contributed by atoms with Crippen LogP contribution in [-0.4, -0.2) is 23.1 Å². The number of aliphatic hydroxyl groups excluding tert-OH is 1. The molecule has 0 aromatic carbocycles. The molecule has 0 radical (unpaired) electrons. The minimum Gasteiger partial charge on any atom is -0.467 e. The molecule has 1 aliphatic heterocycles. The Kier molecular flexibility index (Phi) is 2.35.